The first-order valence-electron chi connectivity index (χ1n) is 5.98. The fourth-order valence-corrected chi connectivity index (χ4v) is 2.06. The normalized spacial score (nSPS) is 12.7. The Morgan fingerprint density at radius 1 is 1.06 bits per heavy atom. The summed E-state index contributed by atoms with van der Waals surface area (Å²) in [6.45, 7) is 0. The van der Waals surface area contributed by atoms with Gasteiger partial charge in [0, 0.05) is 18.8 Å². The molecule has 0 spiro atoms. The van der Waals surface area contributed by atoms with Crippen LogP contribution in [0.25, 0.3) is 5.65 Å². The molecule has 90 valence electrons. The number of imidazole rings is 1. The molecule has 3 heteroatoms. The molecule has 2 heterocycles. The zero-order valence-electron chi connectivity index (χ0n) is 9.90. The third kappa shape index (κ3) is 2.13. The molecule has 0 saturated carbocycles. The molecule has 0 fully saturated rings. The molecule has 0 bridgehead atoms. The first kappa shape index (κ1) is 11.0. The summed E-state index contributed by atoms with van der Waals surface area (Å²) in [4.78, 5) is 4.42. The highest BCUT2D eigenvalue weighted by Crippen LogP contribution is 2.18. The molecule has 0 aliphatic heterocycles. The standard InChI is InChI=1S/C15H14N2O/c18-14(10-12-6-2-1-3-7-12)13-11-17-9-5-4-8-15(17)16-13/h1-9,11,14,18H,10H2. The molecule has 1 unspecified atom stereocenters. The van der Waals surface area contributed by atoms with Crippen LogP contribution in [0.15, 0.2) is 60.9 Å². The summed E-state index contributed by atoms with van der Waals surface area (Å²) in [5, 5.41) is 10.2. The summed E-state index contributed by atoms with van der Waals surface area (Å²) in [6, 6.07) is 15.8. The fourth-order valence-electron chi connectivity index (χ4n) is 2.06. The van der Waals surface area contributed by atoms with Crippen molar-refractivity contribution in [2.45, 2.75) is 12.5 Å². The van der Waals surface area contributed by atoms with E-state index in [0.29, 0.717) is 12.1 Å². The molecule has 0 saturated heterocycles. The maximum Gasteiger partial charge on any atom is 0.137 e. The van der Waals surface area contributed by atoms with Crippen molar-refractivity contribution < 1.29 is 5.11 Å². The van der Waals surface area contributed by atoms with Gasteiger partial charge in [-0.1, -0.05) is 36.4 Å². The average Bonchev–Trinajstić information content (AvgIpc) is 2.84. The molecule has 2 aromatic heterocycles. The molecule has 1 atom stereocenters. The van der Waals surface area contributed by atoms with E-state index in [4.69, 9.17) is 0 Å². The summed E-state index contributed by atoms with van der Waals surface area (Å²) in [6.07, 6.45) is 3.83. The van der Waals surface area contributed by atoms with Gasteiger partial charge in [-0.05, 0) is 17.7 Å². The van der Waals surface area contributed by atoms with Crippen molar-refractivity contribution in [3.05, 3.63) is 72.2 Å². The van der Waals surface area contributed by atoms with Crippen LogP contribution in [0, 0.1) is 0 Å². The lowest BCUT2D eigenvalue weighted by Crippen LogP contribution is -2.01. The highest BCUT2D eigenvalue weighted by molar-refractivity contribution is 5.40. The van der Waals surface area contributed by atoms with Crippen LogP contribution in [0.3, 0.4) is 0 Å². The second-order valence-corrected chi connectivity index (χ2v) is 4.34. The molecule has 0 radical (unpaired) electrons. The summed E-state index contributed by atoms with van der Waals surface area (Å²) in [7, 11) is 0. The van der Waals surface area contributed by atoms with Crippen LogP contribution in [-0.4, -0.2) is 14.5 Å². The van der Waals surface area contributed by atoms with E-state index in [9.17, 15) is 5.11 Å². The molecule has 0 amide bonds. The van der Waals surface area contributed by atoms with Gasteiger partial charge < -0.3 is 9.51 Å². The number of rotatable bonds is 3. The Bertz CT molecular complexity index is 613. The average molecular weight is 238 g/mol. The van der Waals surface area contributed by atoms with E-state index < -0.39 is 6.10 Å². The van der Waals surface area contributed by atoms with E-state index in [1.807, 2.05) is 65.3 Å². The number of aliphatic hydroxyl groups is 1. The number of aromatic nitrogens is 2. The SMILES string of the molecule is OC(Cc1ccccc1)c1cn2ccccc2n1. The van der Waals surface area contributed by atoms with Crippen molar-refractivity contribution in [1.82, 2.24) is 9.38 Å². The topological polar surface area (TPSA) is 37.5 Å². The van der Waals surface area contributed by atoms with Crippen LogP contribution in [0.2, 0.25) is 0 Å². The van der Waals surface area contributed by atoms with Gasteiger partial charge in [0.25, 0.3) is 0 Å². The third-order valence-electron chi connectivity index (χ3n) is 3.00. The van der Waals surface area contributed by atoms with Crippen molar-refractivity contribution in [3.8, 4) is 0 Å². The lowest BCUT2D eigenvalue weighted by atomic mass is 10.1. The smallest absolute Gasteiger partial charge is 0.137 e. The third-order valence-corrected chi connectivity index (χ3v) is 3.00. The van der Waals surface area contributed by atoms with Crippen LogP contribution >= 0.6 is 0 Å². The van der Waals surface area contributed by atoms with Crippen molar-refractivity contribution in [2.24, 2.45) is 0 Å². The lowest BCUT2D eigenvalue weighted by Gasteiger charge is -2.07. The predicted octanol–water partition coefficient (Wildman–Crippen LogP) is 2.61. The maximum atomic E-state index is 10.2. The molecule has 1 aromatic carbocycles. The van der Waals surface area contributed by atoms with Gasteiger partial charge in [0.2, 0.25) is 0 Å². The Morgan fingerprint density at radius 3 is 2.61 bits per heavy atom. The fraction of sp³-hybridized carbons (Fsp3) is 0.133. The predicted molar refractivity (Wildman–Crippen MR) is 70.3 cm³/mol. The summed E-state index contributed by atoms with van der Waals surface area (Å²) < 4.78 is 1.92. The van der Waals surface area contributed by atoms with Gasteiger partial charge in [-0.15, -0.1) is 0 Å². The number of hydrogen-bond donors (Lipinski definition) is 1. The monoisotopic (exact) mass is 238 g/mol. The molecule has 1 N–H and O–H groups in total. The van der Waals surface area contributed by atoms with E-state index in [1.165, 1.54) is 0 Å². The van der Waals surface area contributed by atoms with Crippen molar-refractivity contribution in [2.75, 3.05) is 0 Å². The van der Waals surface area contributed by atoms with Gasteiger partial charge in [-0.3, -0.25) is 0 Å². The minimum Gasteiger partial charge on any atom is -0.386 e. The first-order valence-corrected chi connectivity index (χ1v) is 5.98. The molecule has 3 nitrogen and oxygen atoms in total. The Hall–Kier alpha value is -2.13. The Labute approximate surface area is 105 Å². The second kappa shape index (κ2) is 4.63. The van der Waals surface area contributed by atoms with E-state index in [-0.39, 0.29) is 0 Å². The van der Waals surface area contributed by atoms with Crippen molar-refractivity contribution in [3.63, 3.8) is 0 Å². The van der Waals surface area contributed by atoms with E-state index >= 15 is 0 Å². The zero-order valence-corrected chi connectivity index (χ0v) is 9.90. The van der Waals surface area contributed by atoms with Crippen LogP contribution in [0.1, 0.15) is 17.4 Å². The number of nitrogens with zero attached hydrogens (tertiary/aromatic N) is 2. The molecular weight excluding hydrogens is 224 g/mol. The van der Waals surface area contributed by atoms with E-state index in [1.54, 1.807) is 0 Å². The highest BCUT2D eigenvalue weighted by atomic mass is 16.3. The quantitative estimate of drug-likeness (QED) is 0.761. The molecule has 0 aliphatic rings. The van der Waals surface area contributed by atoms with Crippen LogP contribution < -0.4 is 0 Å². The van der Waals surface area contributed by atoms with Gasteiger partial charge in [0.05, 0.1) is 5.69 Å². The summed E-state index contributed by atoms with van der Waals surface area (Å²) in [5.41, 5.74) is 2.69. The number of hydrogen-bond acceptors (Lipinski definition) is 2. The van der Waals surface area contributed by atoms with Gasteiger partial charge in [0.15, 0.2) is 0 Å². The number of pyridine rings is 1. The Kier molecular flexibility index (Phi) is 2.82. The minimum atomic E-state index is -0.563. The molecule has 0 aliphatic carbocycles. The van der Waals surface area contributed by atoms with E-state index in [2.05, 4.69) is 4.98 Å². The van der Waals surface area contributed by atoms with E-state index in [0.717, 1.165) is 11.2 Å². The largest absolute Gasteiger partial charge is 0.386 e. The van der Waals surface area contributed by atoms with Gasteiger partial charge >= 0.3 is 0 Å². The van der Waals surface area contributed by atoms with Crippen LogP contribution in [0.5, 0.6) is 0 Å². The lowest BCUT2D eigenvalue weighted by molar-refractivity contribution is 0.174. The first-order chi connectivity index (χ1) is 8.83. The molecule has 3 rings (SSSR count). The zero-order chi connectivity index (χ0) is 12.4. The summed E-state index contributed by atoms with van der Waals surface area (Å²) in [5.74, 6) is 0. The molecule has 18 heavy (non-hydrogen) atoms. The van der Waals surface area contributed by atoms with Crippen molar-refractivity contribution >= 4 is 5.65 Å². The number of aliphatic hydroxyl groups excluding tert-OH is 1. The molecule has 3 aromatic rings. The minimum absolute atomic E-state index is 0.563. The Morgan fingerprint density at radius 2 is 1.83 bits per heavy atom. The summed E-state index contributed by atoms with van der Waals surface area (Å²) >= 11 is 0. The van der Waals surface area contributed by atoms with Gasteiger partial charge in [-0.25, -0.2) is 4.98 Å². The second-order valence-electron chi connectivity index (χ2n) is 4.34. The number of fused-ring (bicyclic) bond motifs is 1. The van der Waals surface area contributed by atoms with Gasteiger partial charge in [0.1, 0.15) is 11.8 Å². The highest BCUT2D eigenvalue weighted by Gasteiger charge is 2.12. The van der Waals surface area contributed by atoms with Crippen LogP contribution in [-0.2, 0) is 6.42 Å². The maximum absolute atomic E-state index is 10.2. The van der Waals surface area contributed by atoms with Crippen molar-refractivity contribution in [1.29, 1.82) is 0 Å². The number of benzene rings is 1. The van der Waals surface area contributed by atoms with Gasteiger partial charge in [-0.2, -0.15) is 0 Å². The molecular formula is C15H14N2O. The Balaban J connectivity index is 1.86. The van der Waals surface area contributed by atoms with Crippen LogP contribution in [0.4, 0.5) is 0 Å².